The molecule has 0 saturated carbocycles. The maximum Gasteiger partial charge on any atom is 0.312 e. The van der Waals surface area contributed by atoms with Crippen LogP contribution in [0.3, 0.4) is 0 Å². The monoisotopic (exact) mass is 560 g/mol. The fourth-order valence-electron chi connectivity index (χ4n) is 7.93. The van der Waals surface area contributed by atoms with Crippen molar-refractivity contribution in [2.24, 2.45) is 29.1 Å². The highest BCUT2D eigenvalue weighted by Crippen LogP contribution is 2.66. The second-order valence-electron chi connectivity index (χ2n) is 14.5. The second-order valence-corrected chi connectivity index (χ2v) is 14.5. The number of aliphatic hydroxyl groups excluding tert-OH is 1. The zero-order valence-electron chi connectivity index (χ0n) is 26.2. The summed E-state index contributed by atoms with van der Waals surface area (Å²) >= 11 is 0. The number of hydrogen-bond donors (Lipinski definition) is 1. The topological polar surface area (TPSA) is 96.4 Å². The molecular formula is C32H52N2O6. The summed E-state index contributed by atoms with van der Waals surface area (Å²) < 4.78 is 12.5. The third-order valence-electron chi connectivity index (χ3n) is 9.39. The Morgan fingerprint density at radius 3 is 2.35 bits per heavy atom. The number of carbonyl (C=O) groups is 3. The van der Waals surface area contributed by atoms with Crippen molar-refractivity contribution in [3.63, 3.8) is 0 Å². The Labute approximate surface area is 241 Å². The minimum absolute atomic E-state index is 0.0641. The minimum Gasteiger partial charge on any atom is -0.465 e. The van der Waals surface area contributed by atoms with Crippen molar-refractivity contribution in [3.05, 3.63) is 25.3 Å². The molecule has 3 saturated heterocycles. The SMILES string of the molecule is C=CCCOC(=O)[C@@H]1[C@H]2C(=O)N([C@@H](CO)C(C)C)C(C(=O)N(CC=C)C(C)(C)CC(C)(C)C)C23CC(C)[C@@]1(C)O3. The summed E-state index contributed by atoms with van der Waals surface area (Å²) in [6, 6.07) is -1.60. The van der Waals surface area contributed by atoms with Gasteiger partial charge in [0.25, 0.3) is 0 Å². The van der Waals surface area contributed by atoms with Gasteiger partial charge in [0.15, 0.2) is 0 Å². The van der Waals surface area contributed by atoms with Crippen LogP contribution in [0, 0.1) is 29.1 Å². The number of amides is 2. The molecule has 0 radical (unpaired) electrons. The summed E-state index contributed by atoms with van der Waals surface area (Å²) in [5.74, 6) is -2.98. The van der Waals surface area contributed by atoms with E-state index in [0.29, 0.717) is 19.4 Å². The summed E-state index contributed by atoms with van der Waals surface area (Å²) in [6.45, 7) is 26.0. The molecule has 40 heavy (non-hydrogen) atoms. The third-order valence-corrected chi connectivity index (χ3v) is 9.39. The molecule has 7 atom stereocenters. The van der Waals surface area contributed by atoms with Crippen LogP contribution in [0.5, 0.6) is 0 Å². The zero-order chi connectivity index (χ0) is 30.4. The van der Waals surface area contributed by atoms with Crippen LogP contribution in [-0.4, -0.2) is 81.3 Å². The van der Waals surface area contributed by atoms with Gasteiger partial charge in [-0.2, -0.15) is 0 Å². The van der Waals surface area contributed by atoms with Gasteiger partial charge in [-0.1, -0.05) is 53.7 Å². The molecule has 3 aliphatic rings. The summed E-state index contributed by atoms with van der Waals surface area (Å²) in [4.78, 5) is 46.3. The highest BCUT2D eigenvalue weighted by molar-refractivity contribution is 5.99. The highest BCUT2D eigenvalue weighted by Gasteiger charge is 2.81. The van der Waals surface area contributed by atoms with Crippen molar-refractivity contribution in [2.45, 2.75) is 110 Å². The predicted molar refractivity (Wildman–Crippen MR) is 155 cm³/mol. The Morgan fingerprint density at radius 2 is 1.85 bits per heavy atom. The van der Waals surface area contributed by atoms with Gasteiger partial charge in [0.1, 0.15) is 17.6 Å². The molecule has 226 valence electrons. The van der Waals surface area contributed by atoms with Gasteiger partial charge in [-0.15, -0.1) is 13.2 Å². The molecule has 8 nitrogen and oxygen atoms in total. The number of fused-ring (bicyclic) bond motifs is 1. The van der Waals surface area contributed by atoms with E-state index in [2.05, 4.69) is 33.9 Å². The third kappa shape index (κ3) is 5.26. The molecule has 1 spiro atoms. The molecule has 3 rings (SSSR count). The average molecular weight is 561 g/mol. The lowest BCUT2D eigenvalue weighted by atomic mass is 9.62. The Bertz CT molecular complexity index is 1020. The largest absolute Gasteiger partial charge is 0.465 e. The van der Waals surface area contributed by atoms with Crippen LogP contribution in [0.4, 0.5) is 0 Å². The Morgan fingerprint density at radius 1 is 1.23 bits per heavy atom. The van der Waals surface area contributed by atoms with Crippen molar-refractivity contribution in [2.75, 3.05) is 19.8 Å². The van der Waals surface area contributed by atoms with Crippen molar-refractivity contribution < 1.29 is 29.0 Å². The summed E-state index contributed by atoms with van der Waals surface area (Å²) in [7, 11) is 0. The van der Waals surface area contributed by atoms with Crippen LogP contribution < -0.4 is 0 Å². The summed E-state index contributed by atoms with van der Waals surface area (Å²) in [5, 5.41) is 10.5. The van der Waals surface area contributed by atoms with E-state index in [4.69, 9.17) is 9.47 Å². The lowest BCUT2D eigenvalue weighted by Crippen LogP contribution is -2.63. The van der Waals surface area contributed by atoms with Gasteiger partial charge in [0.2, 0.25) is 11.8 Å². The van der Waals surface area contributed by atoms with E-state index in [9.17, 15) is 19.5 Å². The van der Waals surface area contributed by atoms with Crippen molar-refractivity contribution in [3.8, 4) is 0 Å². The zero-order valence-corrected chi connectivity index (χ0v) is 26.2. The van der Waals surface area contributed by atoms with E-state index < -0.39 is 46.6 Å². The van der Waals surface area contributed by atoms with Gasteiger partial charge in [0.05, 0.1) is 30.8 Å². The summed E-state index contributed by atoms with van der Waals surface area (Å²) in [5.41, 5.74) is -2.78. The first-order valence-corrected chi connectivity index (χ1v) is 14.8. The van der Waals surface area contributed by atoms with Crippen molar-refractivity contribution in [1.82, 2.24) is 9.80 Å². The van der Waals surface area contributed by atoms with E-state index in [-0.39, 0.29) is 42.3 Å². The molecule has 3 fully saturated rings. The number of carbonyl (C=O) groups excluding carboxylic acids is 3. The Kier molecular flexibility index (Phi) is 9.08. The number of ether oxygens (including phenoxy) is 2. The molecule has 0 aliphatic carbocycles. The fraction of sp³-hybridized carbons (Fsp3) is 0.781. The average Bonchev–Trinajstić information content (AvgIpc) is 3.33. The lowest BCUT2D eigenvalue weighted by molar-refractivity contribution is -0.165. The van der Waals surface area contributed by atoms with Crippen LogP contribution in [0.15, 0.2) is 25.3 Å². The lowest BCUT2D eigenvalue weighted by Gasteiger charge is -2.47. The molecule has 2 bridgehead atoms. The standard InChI is InChI=1S/C32H52N2O6/c1-12-14-16-39-28(38)24-23-26(36)34(22(18-35)20(3)4)25(32(23)17-21(5)31(24,11)40-32)27(37)33(15-13-2)30(9,10)19-29(6,7)8/h12-13,20-25,35H,1-2,14-19H2,3-11H3/t21?,22-,23-,24-,25?,31+,32?/m0/s1. The van der Waals surface area contributed by atoms with Crippen LogP contribution in [-0.2, 0) is 23.9 Å². The fourth-order valence-corrected chi connectivity index (χ4v) is 7.93. The van der Waals surface area contributed by atoms with Crippen LogP contribution in [0.2, 0.25) is 0 Å². The van der Waals surface area contributed by atoms with Crippen molar-refractivity contribution in [1.29, 1.82) is 0 Å². The minimum atomic E-state index is -1.20. The van der Waals surface area contributed by atoms with Crippen LogP contribution >= 0.6 is 0 Å². The molecule has 3 unspecified atom stereocenters. The van der Waals surface area contributed by atoms with Gasteiger partial charge in [-0.05, 0) is 57.3 Å². The van der Waals surface area contributed by atoms with Crippen molar-refractivity contribution >= 4 is 17.8 Å². The molecular weight excluding hydrogens is 508 g/mol. The Balaban J connectivity index is 2.19. The van der Waals surface area contributed by atoms with Crippen LogP contribution in [0.25, 0.3) is 0 Å². The van der Waals surface area contributed by atoms with Crippen LogP contribution in [0.1, 0.15) is 81.6 Å². The first kappa shape index (κ1) is 32.3. The number of hydrogen-bond acceptors (Lipinski definition) is 6. The maximum atomic E-state index is 14.9. The molecule has 3 heterocycles. The number of rotatable bonds is 12. The number of likely N-dealkylation sites (tertiary alicyclic amines) is 1. The molecule has 8 heteroatoms. The predicted octanol–water partition coefficient (Wildman–Crippen LogP) is 4.36. The first-order chi connectivity index (χ1) is 18.4. The molecule has 1 N–H and O–H groups in total. The Hall–Kier alpha value is -2.19. The van der Waals surface area contributed by atoms with Gasteiger partial charge in [-0.3, -0.25) is 14.4 Å². The van der Waals surface area contributed by atoms with E-state index in [0.717, 1.165) is 6.42 Å². The smallest absolute Gasteiger partial charge is 0.312 e. The quantitative estimate of drug-likeness (QED) is 0.216. The normalized spacial score (nSPS) is 32.3. The second kappa shape index (κ2) is 11.2. The maximum absolute atomic E-state index is 14.9. The summed E-state index contributed by atoms with van der Waals surface area (Å²) in [6.07, 6.45) is 5.07. The van der Waals surface area contributed by atoms with Gasteiger partial charge in [-0.25, -0.2) is 0 Å². The van der Waals surface area contributed by atoms with Gasteiger partial charge < -0.3 is 24.4 Å². The molecule has 0 aromatic carbocycles. The van der Waals surface area contributed by atoms with Gasteiger partial charge >= 0.3 is 5.97 Å². The number of nitrogens with zero attached hydrogens (tertiary/aromatic N) is 2. The van der Waals surface area contributed by atoms with E-state index in [1.54, 1.807) is 17.1 Å². The van der Waals surface area contributed by atoms with E-state index >= 15 is 0 Å². The first-order valence-electron chi connectivity index (χ1n) is 14.8. The molecule has 0 aromatic rings. The number of esters is 1. The molecule has 3 aliphatic heterocycles. The van der Waals surface area contributed by atoms with E-state index in [1.165, 1.54) is 0 Å². The molecule has 0 aromatic heterocycles. The number of aliphatic hydroxyl groups is 1. The highest BCUT2D eigenvalue weighted by atomic mass is 16.6. The van der Waals surface area contributed by atoms with E-state index in [1.807, 2.05) is 46.4 Å². The van der Waals surface area contributed by atoms with Gasteiger partial charge in [0, 0.05) is 12.1 Å². The molecule has 2 amide bonds.